The lowest BCUT2D eigenvalue weighted by Gasteiger charge is -2.23. The Morgan fingerprint density at radius 3 is 1.57 bits per heavy atom. The van der Waals surface area contributed by atoms with E-state index in [4.69, 9.17) is 9.72 Å². The maximum atomic E-state index is 14.2. The maximum Gasteiger partial charge on any atom is 0.213 e. The molecule has 6 nitrogen and oxygen atoms in total. The second-order valence-electron chi connectivity index (χ2n) is 13.6. The van der Waals surface area contributed by atoms with Crippen molar-refractivity contribution in [2.45, 2.75) is 9.79 Å². The summed E-state index contributed by atoms with van der Waals surface area (Å²) in [6.45, 7) is 0. The molecule has 0 saturated carbocycles. The highest BCUT2D eigenvalue weighted by atomic mass is 32.2. The minimum absolute atomic E-state index is 0.142. The summed E-state index contributed by atoms with van der Waals surface area (Å²) in [7, 11) is -3.86. The third-order valence-corrected chi connectivity index (χ3v) is 12.4. The lowest BCUT2D eigenvalue weighted by molar-refractivity contribution is 0.444. The van der Waals surface area contributed by atoms with Crippen LogP contribution in [0.15, 0.2) is 186 Å². The van der Waals surface area contributed by atoms with Gasteiger partial charge in [0, 0.05) is 28.3 Å². The minimum Gasteiger partial charge on any atom is -0.455 e. The number of sulfone groups is 1. The molecule has 54 heavy (non-hydrogen) atoms. The van der Waals surface area contributed by atoms with Crippen LogP contribution in [0.3, 0.4) is 0 Å². The van der Waals surface area contributed by atoms with Gasteiger partial charge >= 0.3 is 0 Å². The Balaban J connectivity index is 1.40. The van der Waals surface area contributed by atoms with Gasteiger partial charge in [-0.1, -0.05) is 91.0 Å². The monoisotopic (exact) mass is 715 g/mol. The molecule has 0 unspecified atom stereocenters. The highest BCUT2D eigenvalue weighted by Crippen LogP contribution is 2.46. The summed E-state index contributed by atoms with van der Waals surface area (Å²) in [6, 6.07) is 56.8. The van der Waals surface area contributed by atoms with E-state index >= 15 is 0 Å². The molecule has 8 aromatic carbocycles. The van der Waals surface area contributed by atoms with Gasteiger partial charge in [-0.3, -0.25) is 4.98 Å². The average molecular weight is 716 g/mol. The summed E-state index contributed by atoms with van der Waals surface area (Å²) in [5.41, 5.74) is 6.99. The van der Waals surface area contributed by atoms with Gasteiger partial charge in [0.25, 0.3) is 0 Å². The third kappa shape index (κ3) is 4.39. The Morgan fingerprint density at radius 1 is 0.407 bits per heavy atom. The molecule has 0 bridgehead atoms. The number of fused-ring (bicyclic) bond motifs is 12. The Bertz CT molecular complexity index is 3370. The number of hydrogen-bond donors (Lipinski definition) is 0. The topological polar surface area (TPSA) is 66.1 Å². The van der Waals surface area contributed by atoms with Crippen molar-refractivity contribution in [3.05, 3.63) is 176 Å². The van der Waals surface area contributed by atoms with Crippen LogP contribution < -0.4 is 4.74 Å². The maximum absolute atomic E-state index is 14.2. The number of nitrogens with zero attached hydrogens (tertiary/aromatic N) is 3. The van der Waals surface area contributed by atoms with Crippen LogP contribution in [0.4, 0.5) is 0 Å². The summed E-state index contributed by atoms with van der Waals surface area (Å²) in [5.74, 6) is 0.608. The molecule has 11 rings (SSSR count). The zero-order valence-electron chi connectivity index (χ0n) is 28.7. The van der Waals surface area contributed by atoms with E-state index in [-0.39, 0.29) is 15.5 Å². The summed E-state index contributed by atoms with van der Waals surface area (Å²) >= 11 is 0. The Morgan fingerprint density at radius 2 is 0.926 bits per heavy atom. The first-order valence-electron chi connectivity index (χ1n) is 17.8. The largest absolute Gasteiger partial charge is 0.455 e. The molecule has 0 saturated heterocycles. The molecule has 0 fully saturated rings. The highest BCUT2D eigenvalue weighted by molar-refractivity contribution is 7.91. The lowest BCUT2D eigenvalue weighted by atomic mass is 9.95. The van der Waals surface area contributed by atoms with Crippen LogP contribution >= 0.6 is 0 Å². The van der Waals surface area contributed by atoms with E-state index in [2.05, 4.69) is 112 Å². The molecule has 1 aliphatic rings. The van der Waals surface area contributed by atoms with Gasteiger partial charge in [-0.15, -0.1) is 0 Å². The van der Waals surface area contributed by atoms with Gasteiger partial charge in [-0.2, -0.15) is 0 Å². The van der Waals surface area contributed by atoms with Crippen molar-refractivity contribution in [2.24, 2.45) is 0 Å². The van der Waals surface area contributed by atoms with Crippen molar-refractivity contribution >= 4 is 75.1 Å². The number of para-hydroxylation sites is 5. The van der Waals surface area contributed by atoms with Gasteiger partial charge in [0.15, 0.2) is 0 Å². The van der Waals surface area contributed by atoms with E-state index < -0.39 is 9.84 Å². The fourth-order valence-electron chi connectivity index (χ4n) is 8.25. The number of ether oxygens (including phenoxy) is 1. The first-order chi connectivity index (χ1) is 26.6. The van der Waals surface area contributed by atoms with Crippen LogP contribution in [0, 0.1) is 0 Å². The molecule has 0 radical (unpaired) electrons. The zero-order chi connectivity index (χ0) is 36.0. The molecule has 2 aromatic heterocycles. The SMILES string of the molecule is O=S1(=O)c2ccccc2Oc2cc3c(cc21)c1ccccc1c1cc2c(cc1c1cccnc13)n(-c1ccccc1)c1ccccc1n2-c1ccccc1. The molecule has 0 N–H and O–H groups in total. The molecular formula is C47H29N3O3S. The summed E-state index contributed by atoms with van der Waals surface area (Å²) in [6.07, 6.45) is 1.80. The Hall–Kier alpha value is -6.96. The van der Waals surface area contributed by atoms with Crippen LogP contribution in [-0.2, 0) is 9.84 Å². The molecular weight excluding hydrogens is 687 g/mol. The number of rotatable bonds is 2. The van der Waals surface area contributed by atoms with Gasteiger partial charge in [-0.05, 0) is 106 Å². The molecule has 7 heteroatoms. The number of pyridine rings is 1. The van der Waals surface area contributed by atoms with Gasteiger partial charge in [0.2, 0.25) is 9.84 Å². The standard InChI is InChI=1S/C47H29N3O3S/c51-54(52)45-24-12-11-23-43(45)53-44-28-38-37(29-46(44)54)33-19-8-7-18-32(33)35-26-41-42(27-36(35)34-20-13-25-48-47(34)38)50(31-16-5-2-6-17-31)40-22-10-9-21-39(40)49(41)30-14-3-1-4-15-30/h1-29H. The zero-order valence-corrected chi connectivity index (χ0v) is 29.5. The number of hydrogen-bond acceptors (Lipinski definition) is 4. The quantitative estimate of drug-likeness (QED) is 0.167. The third-order valence-electron chi connectivity index (χ3n) is 10.6. The van der Waals surface area contributed by atoms with Crippen LogP contribution in [-0.4, -0.2) is 22.5 Å². The van der Waals surface area contributed by atoms with E-state index in [1.807, 2.05) is 36.4 Å². The number of aromatic nitrogens is 3. The van der Waals surface area contributed by atoms with Crippen LogP contribution in [0.2, 0.25) is 0 Å². The Labute approximate surface area is 310 Å². The van der Waals surface area contributed by atoms with Crippen molar-refractivity contribution in [1.29, 1.82) is 0 Å². The van der Waals surface area contributed by atoms with Gasteiger partial charge in [-0.25, -0.2) is 8.42 Å². The van der Waals surface area contributed by atoms with E-state index in [1.54, 1.807) is 36.5 Å². The van der Waals surface area contributed by atoms with Gasteiger partial charge in [0.1, 0.15) is 21.3 Å². The average Bonchev–Trinajstić information content (AvgIpc) is 3.22. The molecule has 256 valence electrons. The molecule has 0 amide bonds. The fraction of sp³-hybridized carbons (Fsp3) is 0. The van der Waals surface area contributed by atoms with Crippen LogP contribution in [0.5, 0.6) is 11.5 Å². The van der Waals surface area contributed by atoms with Crippen molar-refractivity contribution in [1.82, 2.24) is 14.1 Å². The second kappa shape index (κ2) is 11.5. The molecule has 0 spiro atoms. The van der Waals surface area contributed by atoms with E-state index in [0.717, 1.165) is 76.7 Å². The second-order valence-corrected chi connectivity index (χ2v) is 15.4. The minimum atomic E-state index is -3.86. The van der Waals surface area contributed by atoms with Crippen molar-refractivity contribution in [3.8, 4) is 22.9 Å². The molecule has 0 aliphatic carbocycles. The number of benzene rings is 7. The Kier molecular flexibility index (Phi) is 6.54. The molecule has 3 heterocycles. The highest BCUT2D eigenvalue weighted by Gasteiger charge is 2.32. The first-order valence-corrected chi connectivity index (χ1v) is 19.3. The normalized spacial score (nSPS) is 13.3. The van der Waals surface area contributed by atoms with Gasteiger partial charge in [0.05, 0.1) is 27.6 Å². The summed E-state index contributed by atoms with van der Waals surface area (Å²) < 4.78 is 39.3. The molecule has 0 atom stereocenters. The summed E-state index contributed by atoms with van der Waals surface area (Å²) in [5, 5.41) is 6.42. The summed E-state index contributed by atoms with van der Waals surface area (Å²) in [4.78, 5) is 5.33. The van der Waals surface area contributed by atoms with E-state index in [9.17, 15) is 8.42 Å². The van der Waals surface area contributed by atoms with E-state index in [1.165, 1.54) is 0 Å². The molecule has 10 aromatic rings. The van der Waals surface area contributed by atoms with Crippen molar-refractivity contribution in [2.75, 3.05) is 0 Å². The lowest BCUT2D eigenvalue weighted by Crippen LogP contribution is -2.11. The smallest absolute Gasteiger partial charge is 0.213 e. The van der Waals surface area contributed by atoms with Crippen molar-refractivity contribution < 1.29 is 13.2 Å². The first kappa shape index (κ1) is 30.6. The predicted molar refractivity (Wildman–Crippen MR) is 218 cm³/mol. The van der Waals surface area contributed by atoms with Crippen LogP contribution in [0.1, 0.15) is 0 Å². The predicted octanol–water partition coefficient (Wildman–Crippen LogP) is 11.6. The van der Waals surface area contributed by atoms with Gasteiger partial charge < -0.3 is 13.9 Å². The van der Waals surface area contributed by atoms with Crippen LogP contribution in [0.25, 0.3) is 76.7 Å². The van der Waals surface area contributed by atoms with E-state index in [0.29, 0.717) is 5.75 Å². The fourth-order valence-corrected chi connectivity index (χ4v) is 9.75. The van der Waals surface area contributed by atoms with Crippen molar-refractivity contribution in [3.63, 3.8) is 0 Å². The molecule has 1 aliphatic heterocycles.